The number of rotatable bonds is 2. The van der Waals surface area contributed by atoms with Crippen LogP contribution in [-0.4, -0.2) is 21.8 Å². The maximum absolute atomic E-state index is 5.28. The van der Waals surface area contributed by atoms with Crippen molar-refractivity contribution in [3.05, 3.63) is 133 Å². The van der Waals surface area contributed by atoms with Crippen molar-refractivity contribution in [2.75, 3.05) is 4.90 Å². The molecule has 2 unspecified atom stereocenters. The van der Waals surface area contributed by atoms with Crippen LogP contribution in [0.1, 0.15) is 11.5 Å². The van der Waals surface area contributed by atoms with Gasteiger partial charge in [0, 0.05) is 29.1 Å². The van der Waals surface area contributed by atoms with E-state index in [-0.39, 0.29) is 12.0 Å². The minimum absolute atomic E-state index is 0.0245. The average Bonchev–Trinajstić information content (AvgIpc) is 3.31. The van der Waals surface area contributed by atoms with Crippen LogP contribution in [0.3, 0.4) is 0 Å². The third-order valence-corrected chi connectivity index (χ3v) is 7.79. The summed E-state index contributed by atoms with van der Waals surface area (Å²) in [5.74, 6) is 2.12. The van der Waals surface area contributed by atoms with Gasteiger partial charge in [-0.15, -0.1) is 0 Å². The van der Waals surface area contributed by atoms with Gasteiger partial charge in [0.25, 0.3) is 0 Å². The van der Waals surface area contributed by atoms with Gasteiger partial charge in [0.2, 0.25) is 0 Å². The lowest BCUT2D eigenvalue weighted by Gasteiger charge is -2.34. The Hall–Kier alpha value is -4.96. The Bertz CT molecular complexity index is 1900. The average molecular weight is 489 g/mol. The normalized spacial score (nSPS) is 17.7. The van der Waals surface area contributed by atoms with Gasteiger partial charge in [-0.1, -0.05) is 84.9 Å². The summed E-state index contributed by atoms with van der Waals surface area (Å²) in [5.41, 5.74) is 6.98. The number of aromatic nitrogens is 2. The molecule has 0 spiro atoms. The van der Waals surface area contributed by atoms with E-state index in [0.29, 0.717) is 0 Å². The van der Waals surface area contributed by atoms with Gasteiger partial charge in [-0.2, -0.15) is 0 Å². The topological polar surface area (TPSA) is 33.4 Å². The van der Waals surface area contributed by atoms with Crippen molar-refractivity contribution in [3.63, 3.8) is 0 Å². The largest absolute Gasteiger partial charge is 0.304 e. The van der Waals surface area contributed by atoms with Gasteiger partial charge in [0.05, 0.1) is 22.8 Å². The first-order chi connectivity index (χ1) is 18.9. The number of para-hydroxylation sites is 3. The Labute approximate surface area is 220 Å². The standard InChI is InChI=1S/C34H24N4/c1-2-10-23(11-3-1)27-21-33(36-29-15-7-5-13-25(27)29)38-32-18-19-35-22-28(32)26-14-6-9-17-31(26)37-30-16-8-4-12-24(30)20-34(37)38/h1-22,28,32H. The fourth-order valence-corrected chi connectivity index (χ4v) is 6.11. The van der Waals surface area contributed by atoms with E-state index in [9.17, 15) is 0 Å². The van der Waals surface area contributed by atoms with Crippen molar-refractivity contribution in [1.29, 1.82) is 0 Å². The molecule has 0 aliphatic carbocycles. The lowest BCUT2D eigenvalue weighted by Crippen LogP contribution is -2.36. The number of benzene rings is 4. The molecule has 0 saturated heterocycles. The lowest BCUT2D eigenvalue weighted by molar-refractivity contribution is 0.723. The molecule has 6 aromatic rings. The molecule has 4 aromatic carbocycles. The summed E-state index contributed by atoms with van der Waals surface area (Å²) in [5, 5.41) is 2.36. The van der Waals surface area contributed by atoms with E-state index < -0.39 is 0 Å². The lowest BCUT2D eigenvalue weighted by atomic mass is 9.89. The first-order valence-electron chi connectivity index (χ1n) is 13.0. The minimum atomic E-state index is 0.0245. The first kappa shape index (κ1) is 21.2. The second kappa shape index (κ2) is 8.29. The maximum atomic E-state index is 5.28. The number of hydrogen-bond acceptors (Lipinski definition) is 3. The summed E-state index contributed by atoms with van der Waals surface area (Å²) in [4.78, 5) is 12.3. The Morgan fingerprint density at radius 3 is 2.45 bits per heavy atom. The highest BCUT2D eigenvalue weighted by atomic mass is 15.3. The van der Waals surface area contributed by atoms with Crippen LogP contribution in [0, 0.1) is 0 Å². The Balaban J connectivity index is 1.47. The van der Waals surface area contributed by atoms with Crippen LogP contribution >= 0.6 is 0 Å². The number of fused-ring (bicyclic) bond motifs is 8. The number of aliphatic imine (C=N–C) groups is 1. The predicted octanol–water partition coefficient (Wildman–Crippen LogP) is 8.05. The van der Waals surface area contributed by atoms with Gasteiger partial charge in [0.1, 0.15) is 11.6 Å². The van der Waals surface area contributed by atoms with Crippen molar-refractivity contribution in [2.24, 2.45) is 4.99 Å². The SMILES string of the molecule is C1=CC2C(C=N1)c1ccccc1-n1c(cc3ccccc31)N2c1cc(-c2ccccc2)c2ccccc2n1. The Morgan fingerprint density at radius 1 is 0.711 bits per heavy atom. The summed E-state index contributed by atoms with van der Waals surface area (Å²) < 4.78 is 2.39. The van der Waals surface area contributed by atoms with Crippen molar-refractivity contribution in [2.45, 2.75) is 12.0 Å². The zero-order valence-corrected chi connectivity index (χ0v) is 20.6. The van der Waals surface area contributed by atoms with Crippen LogP contribution in [-0.2, 0) is 0 Å². The molecule has 2 aliphatic heterocycles. The van der Waals surface area contributed by atoms with Crippen LogP contribution in [0.25, 0.3) is 38.6 Å². The van der Waals surface area contributed by atoms with Gasteiger partial charge in [-0.3, -0.25) is 9.56 Å². The molecule has 2 aliphatic rings. The van der Waals surface area contributed by atoms with Crippen LogP contribution in [0.2, 0.25) is 0 Å². The molecule has 180 valence electrons. The molecular weight excluding hydrogens is 464 g/mol. The van der Waals surface area contributed by atoms with E-state index in [1.54, 1.807) is 0 Å². The number of pyridine rings is 1. The second-order valence-corrected chi connectivity index (χ2v) is 9.89. The summed E-state index contributed by atoms with van der Waals surface area (Å²) in [6, 6.07) is 41.0. The second-order valence-electron chi connectivity index (χ2n) is 9.89. The molecule has 38 heavy (non-hydrogen) atoms. The number of nitrogens with zero attached hydrogens (tertiary/aromatic N) is 4. The van der Waals surface area contributed by atoms with Gasteiger partial charge >= 0.3 is 0 Å². The zero-order chi connectivity index (χ0) is 25.1. The van der Waals surface area contributed by atoms with Crippen LogP contribution in [0.5, 0.6) is 0 Å². The van der Waals surface area contributed by atoms with Crippen LogP contribution in [0.4, 0.5) is 11.6 Å². The third kappa shape index (κ3) is 3.10. The third-order valence-electron chi connectivity index (χ3n) is 7.79. The van der Waals surface area contributed by atoms with Crippen LogP contribution < -0.4 is 4.90 Å². The molecule has 0 fully saturated rings. The molecule has 0 bridgehead atoms. The molecule has 0 saturated carbocycles. The minimum Gasteiger partial charge on any atom is -0.304 e. The molecule has 4 heteroatoms. The Kier molecular flexibility index (Phi) is 4.61. The summed E-state index contributed by atoms with van der Waals surface area (Å²) in [6.45, 7) is 0. The molecule has 4 heterocycles. The molecule has 2 atom stereocenters. The quantitative estimate of drug-likeness (QED) is 0.247. The van der Waals surface area contributed by atoms with Crippen molar-refractivity contribution < 1.29 is 0 Å². The van der Waals surface area contributed by atoms with Gasteiger partial charge < -0.3 is 4.90 Å². The van der Waals surface area contributed by atoms with Crippen molar-refractivity contribution in [1.82, 2.24) is 9.55 Å². The molecule has 2 aromatic heterocycles. The van der Waals surface area contributed by atoms with Crippen molar-refractivity contribution in [3.8, 4) is 16.8 Å². The monoisotopic (exact) mass is 488 g/mol. The van der Waals surface area contributed by atoms with Crippen molar-refractivity contribution >= 4 is 39.7 Å². The summed E-state index contributed by atoms with van der Waals surface area (Å²) in [7, 11) is 0. The molecular formula is C34H24N4. The van der Waals surface area contributed by atoms with Gasteiger partial charge in [0.15, 0.2) is 0 Å². The van der Waals surface area contributed by atoms with Gasteiger partial charge in [-0.25, -0.2) is 4.98 Å². The zero-order valence-electron chi connectivity index (χ0n) is 20.6. The van der Waals surface area contributed by atoms with E-state index in [1.807, 2.05) is 6.20 Å². The highest BCUT2D eigenvalue weighted by Gasteiger charge is 2.37. The van der Waals surface area contributed by atoms with Gasteiger partial charge in [-0.05, 0) is 53.1 Å². The molecule has 0 amide bonds. The fraction of sp³-hybridized carbons (Fsp3) is 0.0588. The van der Waals surface area contributed by atoms with E-state index >= 15 is 0 Å². The van der Waals surface area contributed by atoms with E-state index in [0.717, 1.165) is 22.5 Å². The van der Waals surface area contributed by atoms with E-state index in [2.05, 4.69) is 142 Å². The molecule has 0 radical (unpaired) electrons. The van der Waals surface area contributed by atoms with Crippen LogP contribution in [0.15, 0.2) is 133 Å². The number of hydrogen-bond donors (Lipinski definition) is 0. The van der Waals surface area contributed by atoms with E-state index in [1.165, 1.54) is 33.3 Å². The maximum Gasteiger partial charge on any atom is 0.136 e. The molecule has 4 nitrogen and oxygen atoms in total. The highest BCUT2D eigenvalue weighted by molar-refractivity contribution is 5.98. The smallest absolute Gasteiger partial charge is 0.136 e. The number of anilines is 2. The summed E-state index contributed by atoms with van der Waals surface area (Å²) >= 11 is 0. The molecule has 0 N–H and O–H groups in total. The predicted molar refractivity (Wildman–Crippen MR) is 157 cm³/mol. The van der Waals surface area contributed by atoms with E-state index in [4.69, 9.17) is 4.98 Å². The fourth-order valence-electron chi connectivity index (χ4n) is 6.11. The highest BCUT2D eigenvalue weighted by Crippen LogP contribution is 2.45. The molecule has 8 rings (SSSR count). The Morgan fingerprint density at radius 2 is 1.50 bits per heavy atom. The first-order valence-corrected chi connectivity index (χ1v) is 13.0. The summed E-state index contributed by atoms with van der Waals surface area (Å²) in [6.07, 6.45) is 6.23.